The highest BCUT2D eigenvalue weighted by Gasteiger charge is 2.26. The minimum atomic E-state index is -3.35. The average molecular weight is 283 g/mol. The summed E-state index contributed by atoms with van der Waals surface area (Å²) in [6.07, 6.45) is 2.12. The molecule has 2 rings (SSSR count). The largest absolute Gasteiger partial charge is 0.380 e. The SMILES string of the molecule is CNS(=O)(=O)c1ccc(NC2(C)CCNCC2)cc1. The van der Waals surface area contributed by atoms with E-state index in [4.69, 9.17) is 0 Å². The molecule has 0 atom stereocenters. The molecule has 3 N–H and O–H groups in total. The maximum atomic E-state index is 11.6. The Hall–Kier alpha value is -1.11. The first-order chi connectivity index (χ1) is 8.95. The number of piperidine rings is 1. The van der Waals surface area contributed by atoms with Crippen molar-refractivity contribution in [2.75, 3.05) is 25.5 Å². The van der Waals surface area contributed by atoms with Gasteiger partial charge in [-0.3, -0.25) is 0 Å². The third kappa shape index (κ3) is 3.46. The third-order valence-corrected chi connectivity index (χ3v) is 5.02. The van der Waals surface area contributed by atoms with E-state index >= 15 is 0 Å². The van der Waals surface area contributed by atoms with Gasteiger partial charge in [-0.2, -0.15) is 0 Å². The van der Waals surface area contributed by atoms with E-state index in [-0.39, 0.29) is 10.4 Å². The second-order valence-electron chi connectivity index (χ2n) is 5.17. The Kier molecular flexibility index (Phi) is 4.13. The van der Waals surface area contributed by atoms with Crippen LogP contribution in [0.15, 0.2) is 29.2 Å². The molecule has 1 aliphatic heterocycles. The number of hydrogen-bond donors (Lipinski definition) is 3. The summed E-state index contributed by atoms with van der Waals surface area (Å²) in [5.41, 5.74) is 1.04. The number of sulfonamides is 1. The second kappa shape index (κ2) is 5.48. The van der Waals surface area contributed by atoms with Crippen molar-refractivity contribution < 1.29 is 8.42 Å². The van der Waals surface area contributed by atoms with Gasteiger partial charge >= 0.3 is 0 Å². The Bertz CT molecular complexity index is 519. The van der Waals surface area contributed by atoms with Gasteiger partial charge in [0.15, 0.2) is 0 Å². The molecule has 1 aromatic rings. The van der Waals surface area contributed by atoms with Crippen molar-refractivity contribution in [3.05, 3.63) is 24.3 Å². The van der Waals surface area contributed by atoms with Crippen LogP contribution in [0.3, 0.4) is 0 Å². The molecule has 0 saturated carbocycles. The predicted octanol–water partition coefficient (Wildman–Crippen LogP) is 1.15. The fraction of sp³-hybridized carbons (Fsp3) is 0.538. The lowest BCUT2D eigenvalue weighted by molar-refractivity contribution is 0.365. The average Bonchev–Trinajstić information content (AvgIpc) is 2.40. The zero-order chi connectivity index (χ0) is 13.9. The Morgan fingerprint density at radius 2 is 1.74 bits per heavy atom. The Labute approximate surface area is 114 Å². The van der Waals surface area contributed by atoms with Crippen molar-refractivity contribution >= 4 is 15.7 Å². The first-order valence-corrected chi connectivity index (χ1v) is 7.96. The normalized spacial score (nSPS) is 19.1. The summed E-state index contributed by atoms with van der Waals surface area (Å²) in [6.45, 7) is 4.22. The third-order valence-electron chi connectivity index (χ3n) is 3.59. The molecule has 1 heterocycles. The minimum absolute atomic E-state index is 0.0780. The van der Waals surface area contributed by atoms with Crippen LogP contribution in [0.4, 0.5) is 5.69 Å². The molecule has 0 bridgehead atoms. The zero-order valence-corrected chi connectivity index (χ0v) is 12.2. The Morgan fingerprint density at radius 3 is 2.26 bits per heavy atom. The van der Waals surface area contributed by atoms with E-state index in [0.717, 1.165) is 31.6 Å². The van der Waals surface area contributed by atoms with E-state index in [1.807, 2.05) is 12.1 Å². The van der Waals surface area contributed by atoms with Crippen molar-refractivity contribution in [2.24, 2.45) is 0 Å². The molecule has 5 nitrogen and oxygen atoms in total. The van der Waals surface area contributed by atoms with Crippen molar-refractivity contribution in [2.45, 2.75) is 30.2 Å². The molecular formula is C13H21N3O2S. The molecular weight excluding hydrogens is 262 g/mol. The summed E-state index contributed by atoms with van der Waals surface area (Å²) >= 11 is 0. The molecule has 1 aromatic carbocycles. The van der Waals surface area contributed by atoms with Gasteiger partial charge in [-0.1, -0.05) is 0 Å². The monoisotopic (exact) mass is 283 g/mol. The Balaban J connectivity index is 2.11. The second-order valence-corrected chi connectivity index (χ2v) is 7.05. The van der Waals surface area contributed by atoms with Gasteiger partial charge in [0.25, 0.3) is 0 Å². The van der Waals surface area contributed by atoms with Gasteiger partial charge in [-0.25, -0.2) is 13.1 Å². The number of rotatable bonds is 4. The first kappa shape index (κ1) is 14.3. The van der Waals surface area contributed by atoms with E-state index in [0.29, 0.717) is 0 Å². The molecule has 1 saturated heterocycles. The van der Waals surface area contributed by atoms with E-state index in [1.165, 1.54) is 7.05 Å². The fourth-order valence-electron chi connectivity index (χ4n) is 2.29. The van der Waals surface area contributed by atoms with Crippen LogP contribution < -0.4 is 15.4 Å². The summed E-state index contributed by atoms with van der Waals surface area (Å²) < 4.78 is 25.6. The molecule has 0 aromatic heterocycles. The number of benzene rings is 1. The molecule has 0 amide bonds. The molecule has 19 heavy (non-hydrogen) atoms. The number of hydrogen-bond acceptors (Lipinski definition) is 4. The topological polar surface area (TPSA) is 70.2 Å². The summed E-state index contributed by atoms with van der Waals surface area (Å²) in [6, 6.07) is 6.88. The van der Waals surface area contributed by atoms with Crippen LogP contribution in [0.25, 0.3) is 0 Å². The van der Waals surface area contributed by atoms with Crippen LogP contribution in [0, 0.1) is 0 Å². The predicted molar refractivity (Wildman–Crippen MR) is 76.8 cm³/mol. The lowest BCUT2D eigenvalue weighted by Gasteiger charge is -2.36. The van der Waals surface area contributed by atoms with Gasteiger partial charge in [-0.15, -0.1) is 0 Å². The van der Waals surface area contributed by atoms with E-state index < -0.39 is 10.0 Å². The smallest absolute Gasteiger partial charge is 0.240 e. The summed E-state index contributed by atoms with van der Waals surface area (Å²) in [7, 11) is -1.94. The first-order valence-electron chi connectivity index (χ1n) is 6.48. The highest BCUT2D eigenvalue weighted by molar-refractivity contribution is 7.89. The van der Waals surface area contributed by atoms with Crippen molar-refractivity contribution in [3.8, 4) is 0 Å². The maximum Gasteiger partial charge on any atom is 0.240 e. The van der Waals surface area contributed by atoms with Crippen LogP contribution in [-0.4, -0.2) is 34.1 Å². The Morgan fingerprint density at radius 1 is 1.16 bits per heavy atom. The lowest BCUT2D eigenvalue weighted by Crippen LogP contribution is -2.45. The van der Waals surface area contributed by atoms with Crippen molar-refractivity contribution in [1.29, 1.82) is 0 Å². The highest BCUT2D eigenvalue weighted by Crippen LogP contribution is 2.24. The van der Waals surface area contributed by atoms with E-state index in [1.54, 1.807) is 12.1 Å². The highest BCUT2D eigenvalue weighted by atomic mass is 32.2. The molecule has 0 spiro atoms. The van der Waals surface area contributed by atoms with Crippen LogP contribution in [0.2, 0.25) is 0 Å². The van der Waals surface area contributed by atoms with Gasteiger partial charge in [0.1, 0.15) is 0 Å². The molecule has 1 aliphatic rings. The molecule has 1 fully saturated rings. The number of anilines is 1. The molecule has 0 unspecified atom stereocenters. The van der Waals surface area contributed by atoms with Gasteiger partial charge in [0, 0.05) is 11.2 Å². The standard InChI is InChI=1S/C13H21N3O2S/c1-13(7-9-15-10-8-13)16-11-3-5-12(6-4-11)19(17,18)14-2/h3-6,14-16H,7-10H2,1-2H3. The van der Waals surface area contributed by atoms with E-state index in [9.17, 15) is 8.42 Å². The maximum absolute atomic E-state index is 11.6. The van der Waals surface area contributed by atoms with Gasteiger partial charge in [0.2, 0.25) is 10.0 Å². The van der Waals surface area contributed by atoms with Crippen LogP contribution in [0.5, 0.6) is 0 Å². The molecule has 6 heteroatoms. The summed E-state index contributed by atoms with van der Waals surface area (Å²) in [5, 5.41) is 6.83. The van der Waals surface area contributed by atoms with Crippen LogP contribution in [0.1, 0.15) is 19.8 Å². The summed E-state index contributed by atoms with van der Waals surface area (Å²) in [5.74, 6) is 0. The molecule has 106 valence electrons. The summed E-state index contributed by atoms with van der Waals surface area (Å²) in [4.78, 5) is 0.288. The number of nitrogens with one attached hydrogen (secondary N) is 3. The molecule has 0 radical (unpaired) electrons. The van der Waals surface area contributed by atoms with Gasteiger partial charge in [-0.05, 0) is 64.2 Å². The minimum Gasteiger partial charge on any atom is -0.380 e. The van der Waals surface area contributed by atoms with Crippen LogP contribution >= 0.6 is 0 Å². The van der Waals surface area contributed by atoms with Gasteiger partial charge < -0.3 is 10.6 Å². The quantitative estimate of drug-likeness (QED) is 0.775. The van der Waals surface area contributed by atoms with Crippen molar-refractivity contribution in [3.63, 3.8) is 0 Å². The fourth-order valence-corrected chi connectivity index (χ4v) is 3.02. The van der Waals surface area contributed by atoms with E-state index in [2.05, 4.69) is 22.3 Å². The molecule has 0 aliphatic carbocycles. The lowest BCUT2D eigenvalue weighted by atomic mass is 9.90. The zero-order valence-electron chi connectivity index (χ0n) is 11.4. The van der Waals surface area contributed by atoms with Gasteiger partial charge in [0.05, 0.1) is 4.90 Å². The van der Waals surface area contributed by atoms with Crippen LogP contribution in [-0.2, 0) is 10.0 Å². The van der Waals surface area contributed by atoms with Crippen molar-refractivity contribution in [1.82, 2.24) is 10.0 Å².